The quantitative estimate of drug-likeness (QED) is 0.756. The first-order valence-electron chi connectivity index (χ1n) is 5.97. The molecule has 7 heteroatoms. The van der Waals surface area contributed by atoms with Crippen LogP contribution in [0.25, 0.3) is 10.2 Å². The number of thiazole rings is 1. The van der Waals surface area contributed by atoms with Crippen molar-refractivity contribution < 1.29 is 0 Å². The molecule has 5 nitrogen and oxygen atoms in total. The van der Waals surface area contributed by atoms with Crippen molar-refractivity contribution in [3.63, 3.8) is 0 Å². The monoisotopic (exact) mass is 291 g/mol. The second-order valence-corrected chi connectivity index (χ2v) is 5.75. The van der Waals surface area contributed by atoms with Crippen molar-refractivity contribution in [1.82, 2.24) is 15.0 Å². The second-order valence-electron chi connectivity index (χ2n) is 3.89. The molecular formula is C12H13N5S2. The summed E-state index contributed by atoms with van der Waals surface area (Å²) in [4.78, 5) is 15.3. The molecule has 3 aromatic rings. The molecule has 0 bridgehead atoms. The number of rotatable bonds is 5. The number of thiophene rings is 1. The number of nitrogens with one attached hydrogen (secondary N) is 2. The normalized spacial score (nSPS) is 10.8. The minimum Gasteiger partial charge on any atom is -0.364 e. The van der Waals surface area contributed by atoms with Crippen molar-refractivity contribution in [2.75, 3.05) is 17.2 Å². The highest BCUT2D eigenvalue weighted by Gasteiger charge is 2.08. The van der Waals surface area contributed by atoms with Crippen LogP contribution in [0.3, 0.4) is 0 Å². The van der Waals surface area contributed by atoms with Crippen LogP contribution in [0, 0.1) is 0 Å². The fraction of sp³-hybridized carbons (Fsp3) is 0.250. The predicted molar refractivity (Wildman–Crippen MR) is 81.0 cm³/mol. The highest BCUT2D eigenvalue weighted by atomic mass is 32.1. The largest absolute Gasteiger partial charge is 0.364 e. The van der Waals surface area contributed by atoms with E-state index in [-0.39, 0.29) is 0 Å². The van der Waals surface area contributed by atoms with Gasteiger partial charge in [-0.15, -0.1) is 22.7 Å². The van der Waals surface area contributed by atoms with Crippen molar-refractivity contribution in [3.8, 4) is 0 Å². The van der Waals surface area contributed by atoms with E-state index in [4.69, 9.17) is 0 Å². The summed E-state index contributed by atoms with van der Waals surface area (Å²) in [5, 5.41) is 9.62. The van der Waals surface area contributed by atoms with E-state index in [1.807, 2.05) is 30.1 Å². The summed E-state index contributed by atoms with van der Waals surface area (Å²) in [5.41, 5.74) is 1.83. The van der Waals surface area contributed by atoms with Gasteiger partial charge in [0.15, 0.2) is 0 Å². The van der Waals surface area contributed by atoms with E-state index in [1.54, 1.807) is 22.7 Å². The van der Waals surface area contributed by atoms with Gasteiger partial charge in [0.1, 0.15) is 10.6 Å². The van der Waals surface area contributed by atoms with Crippen LogP contribution in [0.4, 0.5) is 11.8 Å². The third-order valence-corrected chi connectivity index (χ3v) is 4.16. The van der Waals surface area contributed by atoms with Crippen LogP contribution in [0.5, 0.6) is 0 Å². The van der Waals surface area contributed by atoms with Crippen LogP contribution in [0.15, 0.2) is 23.2 Å². The first-order valence-corrected chi connectivity index (χ1v) is 7.73. The number of nitrogens with zero attached hydrogens (tertiary/aromatic N) is 3. The Hall–Kier alpha value is -1.73. The fourth-order valence-electron chi connectivity index (χ4n) is 1.73. The van der Waals surface area contributed by atoms with Gasteiger partial charge >= 0.3 is 0 Å². The van der Waals surface area contributed by atoms with E-state index in [1.165, 1.54) is 4.88 Å². The van der Waals surface area contributed by atoms with Gasteiger partial charge in [-0.1, -0.05) is 0 Å². The maximum atomic E-state index is 4.52. The molecule has 0 aliphatic carbocycles. The summed E-state index contributed by atoms with van der Waals surface area (Å²) in [5.74, 6) is 1.54. The van der Waals surface area contributed by atoms with Crippen LogP contribution < -0.4 is 10.6 Å². The average Bonchev–Trinajstić information content (AvgIpc) is 3.07. The minimum absolute atomic E-state index is 0.671. The number of hydrogen-bond donors (Lipinski definition) is 2. The third kappa shape index (κ3) is 2.66. The van der Waals surface area contributed by atoms with E-state index >= 15 is 0 Å². The Morgan fingerprint density at radius 1 is 1.21 bits per heavy atom. The highest BCUT2D eigenvalue weighted by molar-refractivity contribution is 7.16. The minimum atomic E-state index is 0.671. The smallest absolute Gasteiger partial charge is 0.226 e. The summed E-state index contributed by atoms with van der Waals surface area (Å²) in [6.07, 6.45) is 1.87. The lowest BCUT2D eigenvalue weighted by molar-refractivity contribution is 1.08. The Bertz CT molecular complexity index is 662. The maximum absolute atomic E-state index is 4.52. The first kappa shape index (κ1) is 12.3. The standard InChI is InChI=1S/C12H13N5S2/c1-2-14-12-16-10(9-3-4-18-11(9)17-12)15-6-8-5-13-7-19-8/h3-5,7H,2,6H2,1H3,(H2,14,15,16,17). The lowest BCUT2D eigenvalue weighted by Crippen LogP contribution is -2.06. The van der Waals surface area contributed by atoms with Crippen LogP contribution in [0.1, 0.15) is 11.8 Å². The Morgan fingerprint density at radius 3 is 2.95 bits per heavy atom. The lowest BCUT2D eigenvalue weighted by Gasteiger charge is -2.08. The van der Waals surface area contributed by atoms with Crippen LogP contribution in [0.2, 0.25) is 0 Å². The molecule has 0 aromatic carbocycles. The Labute approximate surface area is 118 Å². The van der Waals surface area contributed by atoms with E-state index in [0.29, 0.717) is 5.95 Å². The molecule has 0 unspecified atom stereocenters. The van der Waals surface area contributed by atoms with Gasteiger partial charge in [0, 0.05) is 17.6 Å². The summed E-state index contributed by atoms with van der Waals surface area (Å²) in [6.45, 7) is 3.58. The molecule has 0 fully saturated rings. The molecule has 0 aliphatic rings. The van der Waals surface area contributed by atoms with Crippen molar-refractivity contribution in [3.05, 3.63) is 28.0 Å². The predicted octanol–water partition coefficient (Wildman–Crippen LogP) is 3.19. The van der Waals surface area contributed by atoms with Gasteiger partial charge in [-0.25, -0.2) is 4.98 Å². The molecule has 0 radical (unpaired) electrons. The molecule has 19 heavy (non-hydrogen) atoms. The van der Waals surface area contributed by atoms with Crippen molar-refractivity contribution >= 4 is 44.7 Å². The number of aromatic nitrogens is 3. The zero-order chi connectivity index (χ0) is 13.1. The van der Waals surface area contributed by atoms with E-state index in [9.17, 15) is 0 Å². The summed E-state index contributed by atoms with van der Waals surface area (Å²) in [6, 6.07) is 2.05. The average molecular weight is 291 g/mol. The SMILES string of the molecule is CCNc1nc(NCc2cncs2)c2ccsc2n1. The zero-order valence-electron chi connectivity index (χ0n) is 10.4. The topological polar surface area (TPSA) is 62.7 Å². The van der Waals surface area contributed by atoms with E-state index in [0.717, 1.165) is 29.1 Å². The van der Waals surface area contributed by atoms with Gasteiger partial charge in [-0.05, 0) is 18.4 Å². The number of fused-ring (bicyclic) bond motifs is 1. The summed E-state index contributed by atoms with van der Waals surface area (Å²) >= 11 is 3.26. The van der Waals surface area contributed by atoms with Crippen LogP contribution in [-0.4, -0.2) is 21.5 Å². The molecule has 3 aromatic heterocycles. The molecule has 98 valence electrons. The van der Waals surface area contributed by atoms with Gasteiger partial charge in [-0.3, -0.25) is 4.98 Å². The molecule has 0 saturated carbocycles. The van der Waals surface area contributed by atoms with Gasteiger partial charge in [0.05, 0.1) is 17.4 Å². The fourth-order valence-corrected chi connectivity index (χ4v) is 3.03. The zero-order valence-corrected chi connectivity index (χ0v) is 12.0. The van der Waals surface area contributed by atoms with Crippen molar-refractivity contribution in [1.29, 1.82) is 0 Å². The second kappa shape index (κ2) is 5.50. The number of hydrogen-bond acceptors (Lipinski definition) is 7. The maximum Gasteiger partial charge on any atom is 0.226 e. The third-order valence-electron chi connectivity index (χ3n) is 2.57. The van der Waals surface area contributed by atoms with E-state index < -0.39 is 0 Å². The lowest BCUT2D eigenvalue weighted by atomic mass is 10.3. The Morgan fingerprint density at radius 2 is 2.16 bits per heavy atom. The van der Waals surface area contributed by atoms with Gasteiger partial charge < -0.3 is 10.6 Å². The summed E-state index contributed by atoms with van der Waals surface area (Å²) in [7, 11) is 0. The van der Waals surface area contributed by atoms with Crippen LogP contribution >= 0.6 is 22.7 Å². The number of anilines is 2. The van der Waals surface area contributed by atoms with Crippen LogP contribution in [-0.2, 0) is 6.54 Å². The molecule has 2 N–H and O–H groups in total. The molecule has 0 spiro atoms. The molecule has 0 saturated heterocycles. The molecule has 0 atom stereocenters. The van der Waals surface area contributed by atoms with Crippen molar-refractivity contribution in [2.45, 2.75) is 13.5 Å². The molecule has 0 aliphatic heterocycles. The first-order chi connectivity index (χ1) is 9.36. The molecule has 3 rings (SSSR count). The highest BCUT2D eigenvalue weighted by Crippen LogP contribution is 2.26. The Balaban J connectivity index is 1.89. The summed E-state index contributed by atoms with van der Waals surface area (Å²) < 4.78 is 0. The molecule has 3 heterocycles. The van der Waals surface area contributed by atoms with Gasteiger partial charge in [0.2, 0.25) is 5.95 Å². The van der Waals surface area contributed by atoms with Crippen molar-refractivity contribution in [2.24, 2.45) is 0 Å². The van der Waals surface area contributed by atoms with E-state index in [2.05, 4.69) is 25.6 Å². The van der Waals surface area contributed by atoms with Gasteiger partial charge in [0.25, 0.3) is 0 Å². The molecule has 0 amide bonds. The molecular weight excluding hydrogens is 278 g/mol. The van der Waals surface area contributed by atoms with Gasteiger partial charge in [-0.2, -0.15) is 4.98 Å². The Kier molecular flexibility index (Phi) is 3.56.